The minimum absolute atomic E-state index is 0.246. The highest BCUT2D eigenvalue weighted by atomic mass is 16.5. The van der Waals surface area contributed by atoms with Gasteiger partial charge in [-0.25, -0.2) is 0 Å². The zero-order chi connectivity index (χ0) is 15.5. The fourth-order valence-electron chi connectivity index (χ4n) is 4.96. The topological polar surface area (TPSA) is 64.9 Å². The number of hydrogen-bond donors (Lipinski definition) is 1. The van der Waals surface area contributed by atoms with Gasteiger partial charge in [0.1, 0.15) is 0 Å². The molecule has 2 N–H and O–H groups in total. The van der Waals surface area contributed by atoms with Crippen LogP contribution >= 0.6 is 0 Å². The second-order valence-corrected chi connectivity index (χ2v) is 7.74. The van der Waals surface area contributed by atoms with Crippen LogP contribution in [0.1, 0.15) is 73.7 Å². The van der Waals surface area contributed by atoms with E-state index in [1.54, 1.807) is 0 Å². The van der Waals surface area contributed by atoms with Crippen LogP contribution in [-0.4, -0.2) is 10.1 Å². The van der Waals surface area contributed by atoms with Gasteiger partial charge >= 0.3 is 0 Å². The first-order chi connectivity index (χ1) is 11.2. The van der Waals surface area contributed by atoms with Gasteiger partial charge in [0.2, 0.25) is 5.89 Å². The summed E-state index contributed by atoms with van der Waals surface area (Å²) < 4.78 is 5.67. The Kier molecular flexibility index (Phi) is 2.79. The van der Waals surface area contributed by atoms with Crippen molar-refractivity contribution in [2.45, 2.75) is 68.2 Å². The summed E-state index contributed by atoms with van der Waals surface area (Å²) in [6, 6.07) is 8.89. The summed E-state index contributed by atoms with van der Waals surface area (Å²) in [7, 11) is 0. The van der Waals surface area contributed by atoms with E-state index in [-0.39, 0.29) is 11.0 Å². The molecule has 0 amide bonds. The highest BCUT2D eigenvalue weighted by molar-refractivity contribution is 5.45. The minimum Gasteiger partial charge on any atom is -0.339 e. The molecule has 2 atom stereocenters. The summed E-state index contributed by atoms with van der Waals surface area (Å²) in [5.74, 6) is 1.93. The molecule has 4 heteroatoms. The molecule has 1 heterocycles. The standard InChI is InChI=1S/C19H23N3O/c20-19(10-3-4-11-19)17-21-16(23-22-17)15-12-18(15)9-5-7-13-6-1-2-8-14(13)18/h1-2,6,8,15H,3-5,7,9-12,20H2. The summed E-state index contributed by atoms with van der Waals surface area (Å²) in [4.78, 5) is 4.75. The first-order valence-corrected chi connectivity index (χ1v) is 8.93. The number of fused-ring (bicyclic) bond motifs is 2. The number of nitrogens with zero attached hydrogens (tertiary/aromatic N) is 2. The van der Waals surface area contributed by atoms with Crippen LogP contribution in [0.25, 0.3) is 0 Å². The van der Waals surface area contributed by atoms with E-state index in [1.165, 1.54) is 43.2 Å². The van der Waals surface area contributed by atoms with Crippen molar-refractivity contribution in [3.63, 3.8) is 0 Å². The molecule has 0 radical (unpaired) electrons. The van der Waals surface area contributed by atoms with Gasteiger partial charge in [-0.2, -0.15) is 4.98 Å². The van der Waals surface area contributed by atoms with Crippen molar-refractivity contribution < 1.29 is 4.52 Å². The molecule has 23 heavy (non-hydrogen) atoms. The maximum Gasteiger partial charge on any atom is 0.230 e. The van der Waals surface area contributed by atoms with E-state index in [1.807, 2.05) is 0 Å². The number of hydrogen-bond acceptors (Lipinski definition) is 4. The van der Waals surface area contributed by atoms with E-state index in [4.69, 9.17) is 15.2 Å². The molecule has 1 aromatic heterocycles. The molecule has 2 aromatic rings. The lowest BCUT2D eigenvalue weighted by Gasteiger charge is -2.26. The van der Waals surface area contributed by atoms with Gasteiger partial charge in [0.25, 0.3) is 0 Å². The maximum atomic E-state index is 6.48. The summed E-state index contributed by atoms with van der Waals surface area (Å²) in [6.07, 6.45) is 9.13. The predicted octanol–water partition coefficient (Wildman–Crippen LogP) is 3.56. The van der Waals surface area contributed by atoms with E-state index in [9.17, 15) is 0 Å². The molecule has 3 aliphatic rings. The molecular weight excluding hydrogens is 286 g/mol. The van der Waals surface area contributed by atoms with Gasteiger partial charge in [0.05, 0.1) is 5.54 Å². The second-order valence-electron chi connectivity index (χ2n) is 7.74. The fourth-order valence-corrected chi connectivity index (χ4v) is 4.96. The van der Waals surface area contributed by atoms with Crippen molar-refractivity contribution in [2.75, 3.05) is 0 Å². The van der Waals surface area contributed by atoms with Crippen LogP contribution < -0.4 is 5.73 Å². The molecule has 120 valence electrons. The lowest BCUT2D eigenvalue weighted by molar-refractivity contribution is 0.342. The number of aromatic nitrogens is 2. The van der Waals surface area contributed by atoms with E-state index >= 15 is 0 Å². The van der Waals surface area contributed by atoms with Crippen molar-refractivity contribution in [3.8, 4) is 0 Å². The number of rotatable bonds is 2. The Morgan fingerprint density at radius 1 is 1.09 bits per heavy atom. The number of aryl methyl sites for hydroxylation is 1. The first-order valence-electron chi connectivity index (χ1n) is 8.93. The third-order valence-electron chi connectivity index (χ3n) is 6.38. The summed E-state index contributed by atoms with van der Waals surface area (Å²) in [5, 5.41) is 4.25. The Labute approximate surface area is 136 Å². The molecule has 2 unspecified atom stereocenters. The van der Waals surface area contributed by atoms with E-state index in [0.717, 1.165) is 31.0 Å². The van der Waals surface area contributed by atoms with Gasteiger partial charge in [-0.15, -0.1) is 0 Å². The smallest absolute Gasteiger partial charge is 0.230 e. The SMILES string of the molecule is NC1(c2noc(C3CC34CCCc3ccccc34)n2)CCCC1. The van der Waals surface area contributed by atoms with Crippen LogP contribution in [0.4, 0.5) is 0 Å². The highest BCUT2D eigenvalue weighted by Gasteiger charge is 2.60. The molecule has 0 aliphatic heterocycles. The van der Waals surface area contributed by atoms with Crippen molar-refractivity contribution in [1.29, 1.82) is 0 Å². The Morgan fingerprint density at radius 2 is 1.91 bits per heavy atom. The fraction of sp³-hybridized carbons (Fsp3) is 0.579. The normalized spacial score (nSPS) is 31.3. The van der Waals surface area contributed by atoms with Crippen LogP contribution in [0.15, 0.2) is 28.8 Å². The first kappa shape index (κ1) is 13.7. The van der Waals surface area contributed by atoms with Gasteiger partial charge in [0, 0.05) is 11.3 Å². The van der Waals surface area contributed by atoms with Crippen LogP contribution in [0.3, 0.4) is 0 Å². The predicted molar refractivity (Wildman–Crippen MR) is 87.0 cm³/mol. The zero-order valence-corrected chi connectivity index (χ0v) is 13.4. The lowest BCUT2D eigenvalue weighted by Crippen LogP contribution is -2.34. The molecule has 1 aromatic carbocycles. The van der Waals surface area contributed by atoms with Gasteiger partial charge in [-0.05, 0) is 49.7 Å². The van der Waals surface area contributed by atoms with Gasteiger partial charge in [0.15, 0.2) is 5.82 Å². The molecule has 2 fully saturated rings. The molecule has 0 bridgehead atoms. The van der Waals surface area contributed by atoms with Crippen LogP contribution in [0, 0.1) is 0 Å². The van der Waals surface area contributed by atoms with E-state index < -0.39 is 0 Å². The Bertz CT molecular complexity index is 747. The van der Waals surface area contributed by atoms with Crippen molar-refractivity contribution >= 4 is 0 Å². The Balaban J connectivity index is 1.47. The summed E-state index contributed by atoms with van der Waals surface area (Å²) in [6.45, 7) is 0. The molecule has 1 spiro atoms. The number of nitrogens with two attached hydrogens (primary N) is 1. The van der Waals surface area contributed by atoms with Gasteiger partial charge in [-0.1, -0.05) is 42.3 Å². The van der Waals surface area contributed by atoms with Gasteiger partial charge in [-0.3, -0.25) is 0 Å². The van der Waals surface area contributed by atoms with Crippen LogP contribution in [-0.2, 0) is 17.4 Å². The third-order valence-corrected chi connectivity index (χ3v) is 6.38. The Hall–Kier alpha value is -1.68. The van der Waals surface area contributed by atoms with Crippen molar-refractivity contribution in [1.82, 2.24) is 10.1 Å². The molecule has 2 saturated carbocycles. The average Bonchev–Trinajstić information content (AvgIpc) is 2.95. The monoisotopic (exact) mass is 309 g/mol. The van der Waals surface area contributed by atoms with Crippen LogP contribution in [0.2, 0.25) is 0 Å². The van der Waals surface area contributed by atoms with E-state index in [2.05, 4.69) is 29.4 Å². The summed E-state index contributed by atoms with van der Waals surface area (Å²) >= 11 is 0. The maximum absolute atomic E-state index is 6.48. The number of benzene rings is 1. The quantitative estimate of drug-likeness (QED) is 0.921. The van der Waals surface area contributed by atoms with Gasteiger partial charge < -0.3 is 10.3 Å². The lowest BCUT2D eigenvalue weighted by atomic mass is 9.78. The minimum atomic E-state index is -0.353. The molecule has 3 aliphatic carbocycles. The highest BCUT2D eigenvalue weighted by Crippen LogP contribution is 2.65. The largest absolute Gasteiger partial charge is 0.339 e. The van der Waals surface area contributed by atoms with E-state index in [0.29, 0.717) is 5.92 Å². The van der Waals surface area contributed by atoms with Crippen LogP contribution in [0.5, 0.6) is 0 Å². The zero-order valence-electron chi connectivity index (χ0n) is 13.4. The molecule has 4 nitrogen and oxygen atoms in total. The molecule has 0 saturated heterocycles. The Morgan fingerprint density at radius 3 is 2.78 bits per heavy atom. The summed E-state index contributed by atoms with van der Waals surface area (Å²) in [5.41, 5.74) is 9.39. The van der Waals surface area contributed by atoms with Crippen molar-refractivity contribution in [2.24, 2.45) is 5.73 Å². The molecule has 5 rings (SSSR count). The van der Waals surface area contributed by atoms with Crippen molar-refractivity contribution in [3.05, 3.63) is 47.1 Å². The average molecular weight is 309 g/mol. The second kappa shape index (κ2) is 4.67. The molecular formula is C19H23N3O. The third kappa shape index (κ3) is 1.94.